The van der Waals surface area contributed by atoms with Crippen molar-refractivity contribution >= 4 is 11.3 Å². The molecule has 0 atom stereocenters. The zero-order chi connectivity index (χ0) is 11.8. The minimum Gasteiger partial charge on any atom is -0.246 e. The van der Waals surface area contributed by atoms with Gasteiger partial charge < -0.3 is 0 Å². The molecule has 0 amide bonds. The molecule has 1 fully saturated rings. The molecule has 16 heavy (non-hydrogen) atoms. The first-order chi connectivity index (χ1) is 7.45. The molecule has 3 heteroatoms. The van der Waals surface area contributed by atoms with Crippen molar-refractivity contribution in [2.24, 2.45) is 5.41 Å². The van der Waals surface area contributed by atoms with Gasteiger partial charge in [-0.3, -0.25) is 0 Å². The lowest BCUT2D eigenvalue weighted by Crippen LogP contribution is -2.29. The van der Waals surface area contributed by atoms with Crippen molar-refractivity contribution in [2.75, 3.05) is 0 Å². The van der Waals surface area contributed by atoms with Crippen LogP contribution in [-0.4, -0.2) is 4.98 Å². The Kier molecular flexibility index (Phi) is 2.79. The van der Waals surface area contributed by atoms with E-state index in [1.807, 2.05) is 0 Å². The summed E-state index contributed by atoms with van der Waals surface area (Å²) in [5, 5.41) is 12.5. The van der Waals surface area contributed by atoms with Gasteiger partial charge in [-0.15, -0.1) is 11.3 Å². The Morgan fingerprint density at radius 2 is 2.19 bits per heavy atom. The molecular formula is C13H18N2S. The van der Waals surface area contributed by atoms with Crippen LogP contribution < -0.4 is 0 Å². The SMILES string of the molecule is CC(C)(C)c1csc(CC2(C#N)CCC2)n1. The van der Waals surface area contributed by atoms with E-state index < -0.39 is 0 Å². The predicted octanol–water partition coefficient (Wildman–Crippen LogP) is 3.68. The van der Waals surface area contributed by atoms with Gasteiger partial charge in [0.25, 0.3) is 0 Å². The summed E-state index contributed by atoms with van der Waals surface area (Å²) in [5.74, 6) is 0. The molecule has 1 aromatic rings. The Bertz CT molecular complexity index is 416. The van der Waals surface area contributed by atoms with Gasteiger partial charge in [0.1, 0.15) is 0 Å². The van der Waals surface area contributed by atoms with Crippen molar-refractivity contribution < 1.29 is 0 Å². The Labute approximate surface area is 101 Å². The Morgan fingerprint density at radius 3 is 2.56 bits per heavy atom. The zero-order valence-corrected chi connectivity index (χ0v) is 11.0. The van der Waals surface area contributed by atoms with Crippen LogP contribution in [0.5, 0.6) is 0 Å². The maximum atomic E-state index is 9.19. The molecule has 0 spiro atoms. The fourth-order valence-electron chi connectivity index (χ4n) is 1.96. The largest absolute Gasteiger partial charge is 0.246 e. The second-order valence-corrected chi connectivity index (χ2v) is 6.74. The molecule has 0 unspecified atom stereocenters. The van der Waals surface area contributed by atoms with Gasteiger partial charge in [-0.2, -0.15) is 5.26 Å². The van der Waals surface area contributed by atoms with E-state index in [1.54, 1.807) is 11.3 Å². The normalized spacial score (nSPS) is 18.9. The van der Waals surface area contributed by atoms with Crippen LogP contribution in [0, 0.1) is 16.7 Å². The highest BCUT2D eigenvalue weighted by molar-refractivity contribution is 7.09. The van der Waals surface area contributed by atoms with Crippen molar-refractivity contribution in [2.45, 2.75) is 51.9 Å². The molecule has 0 aliphatic heterocycles. The summed E-state index contributed by atoms with van der Waals surface area (Å²) in [7, 11) is 0. The standard InChI is InChI=1S/C13H18N2S/c1-12(2,3)10-8-16-11(15-10)7-13(9-14)5-4-6-13/h8H,4-7H2,1-3H3. The van der Waals surface area contributed by atoms with Gasteiger partial charge >= 0.3 is 0 Å². The minimum absolute atomic E-state index is 0.0903. The van der Waals surface area contributed by atoms with E-state index in [0.29, 0.717) is 0 Å². The average molecular weight is 234 g/mol. The van der Waals surface area contributed by atoms with Crippen LogP contribution in [0.3, 0.4) is 0 Å². The third-order valence-corrected chi connectivity index (χ3v) is 4.21. The Hall–Kier alpha value is -0.880. The third kappa shape index (κ3) is 2.12. The second kappa shape index (κ2) is 3.85. The number of hydrogen-bond donors (Lipinski definition) is 0. The van der Waals surface area contributed by atoms with E-state index in [1.165, 1.54) is 6.42 Å². The third-order valence-electron chi connectivity index (χ3n) is 3.36. The molecule has 0 bridgehead atoms. The number of nitriles is 1. The number of aromatic nitrogens is 1. The van der Waals surface area contributed by atoms with Gasteiger partial charge in [-0.05, 0) is 12.8 Å². The summed E-state index contributed by atoms with van der Waals surface area (Å²) in [4.78, 5) is 4.66. The van der Waals surface area contributed by atoms with E-state index in [-0.39, 0.29) is 10.8 Å². The molecule has 2 rings (SSSR count). The average Bonchev–Trinajstić information content (AvgIpc) is 2.58. The molecule has 0 saturated heterocycles. The lowest BCUT2D eigenvalue weighted by Gasteiger charge is -2.34. The molecule has 1 saturated carbocycles. The fourth-order valence-corrected chi connectivity index (χ4v) is 3.12. The summed E-state index contributed by atoms with van der Waals surface area (Å²) in [5.41, 5.74) is 1.18. The van der Waals surface area contributed by atoms with Crippen LogP contribution in [0.2, 0.25) is 0 Å². The quantitative estimate of drug-likeness (QED) is 0.782. The van der Waals surface area contributed by atoms with Gasteiger partial charge in [0, 0.05) is 17.2 Å². The molecule has 0 N–H and O–H groups in total. The van der Waals surface area contributed by atoms with E-state index in [9.17, 15) is 5.26 Å². The maximum Gasteiger partial charge on any atom is 0.0944 e. The van der Waals surface area contributed by atoms with Crippen molar-refractivity contribution in [1.82, 2.24) is 4.98 Å². The lowest BCUT2D eigenvalue weighted by atomic mass is 9.68. The van der Waals surface area contributed by atoms with E-state index in [2.05, 4.69) is 37.2 Å². The second-order valence-electron chi connectivity index (χ2n) is 5.80. The van der Waals surface area contributed by atoms with Crippen LogP contribution in [0.1, 0.15) is 50.7 Å². The molecule has 0 radical (unpaired) electrons. The first-order valence-corrected chi connectivity index (χ1v) is 6.69. The summed E-state index contributed by atoms with van der Waals surface area (Å²) < 4.78 is 0. The lowest BCUT2D eigenvalue weighted by molar-refractivity contribution is 0.213. The monoisotopic (exact) mass is 234 g/mol. The molecule has 1 aromatic heterocycles. The minimum atomic E-state index is -0.0903. The summed E-state index contributed by atoms with van der Waals surface area (Å²) in [6.45, 7) is 6.53. The van der Waals surface area contributed by atoms with Gasteiger partial charge in [0.2, 0.25) is 0 Å². The first-order valence-electron chi connectivity index (χ1n) is 5.81. The number of rotatable bonds is 2. The highest BCUT2D eigenvalue weighted by atomic mass is 32.1. The van der Waals surface area contributed by atoms with Crippen LogP contribution in [0.15, 0.2) is 5.38 Å². The fraction of sp³-hybridized carbons (Fsp3) is 0.692. The molecule has 1 aliphatic carbocycles. The smallest absolute Gasteiger partial charge is 0.0944 e. The van der Waals surface area contributed by atoms with Crippen molar-refractivity contribution in [3.8, 4) is 6.07 Å². The Balaban J connectivity index is 2.12. The maximum absolute atomic E-state index is 9.19. The van der Waals surface area contributed by atoms with Crippen molar-refractivity contribution in [1.29, 1.82) is 5.26 Å². The highest BCUT2D eigenvalue weighted by Gasteiger charge is 2.38. The zero-order valence-electron chi connectivity index (χ0n) is 10.2. The molecule has 2 nitrogen and oxygen atoms in total. The number of thiazole rings is 1. The summed E-state index contributed by atoms with van der Waals surface area (Å²) >= 11 is 1.71. The van der Waals surface area contributed by atoms with Crippen LogP contribution in [0.25, 0.3) is 0 Å². The van der Waals surface area contributed by atoms with Crippen LogP contribution in [-0.2, 0) is 11.8 Å². The molecule has 86 valence electrons. The topological polar surface area (TPSA) is 36.7 Å². The van der Waals surface area contributed by atoms with Crippen molar-refractivity contribution in [3.05, 3.63) is 16.1 Å². The van der Waals surface area contributed by atoms with Gasteiger partial charge in [-0.1, -0.05) is 27.2 Å². The van der Waals surface area contributed by atoms with Gasteiger partial charge in [-0.25, -0.2) is 4.98 Å². The van der Waals surface area contributed by atoms with Gasteiger partial charge in [0.15, 0.2) is 0 Å². The van der Waals surface area contributed by atoms with Crippen LogP contribution in [0.4, 0.5) is 0 Å². The Morgan fingerprint density at radius 1 is 1.50 bits per heavy atom. The molecular weight excluding hydrogens is 216 g/mol. The molecule has 1 aliphatic rings. The first kappa shape index (κ1) is 11.6. The van der Waals surface area contributed by atoms with E-state index in [4.69, 9.17) is 0 Å². The van der Waals surface area contributed by atoms with Crippen molar-refractivity contribution in [3.63, 3.8) is 0 Å². The van der Waals surface area contributed by atoms with Gasteiger partial charge in [0.05, 0.1) is 22.2 Å². The summed E-state index contributed by atoms with van der Waals surface area (Å²) in [6.07, 6.45) is 4.15. The predicted molar refractivity (Wildman–Crippen MR) is 66.4 cm³/mol. The number of hydrogen-bond acceptors (Lipinski definition) is 3. The van der Waals surface area contributed by atoms with E-state index in [0.717, 1.165) is 30.0 Å². The number of nitrogens with zero attached hydrogens (tertiary/aromatic N) is 2. The van der Waals surface area contributed by atoms with E-state index >= 15 is 0 Å². The highest BCUT2D eigenvalue weighted by Crippen LogP contribution is 2.43. The summed E-state index contributed by atoms with van der Waals surface area (Å²) in [6, 6.07) is 2.48. The molecule has 0 aromatic carbocycles. The molecule has 1 heterocycles. The van der Waals surface area contributed by atoms with Crippen LogP contribution >= 0.6 is 11.3 Å².